The van der Waals surface area contributed by atoms with E-state index in [0.29, 0.717) is 27.0 Å². The fourth-order valence-corrected chi connectivity index (χ4v) is 2.20. The van der Waals surface area contributed by atoms with E-state index in [1.165, 1.54) is 0 Å². The van der Waals surface area contributed by atoms with Crippen molar-refractivity contribution in [3.63, 3.8) is 0 Å². The van der Waals surface area contributed by atoms with Gasteiger partial charge in [-0.15, -0.1) is 0 Å². The molecule has 0 atom stereocenters. The predicted octanol–water partition coefficient (Wildman–Crippen LogP) is 4.06. The first-order valence-corrected chi connectivity index (χ1v) is 6.59. The Labute approximate surface area is 126 Å². The molecule has 0 unspecified atom stereocenters. The molecule has 0 saturated heterocycles. The van der Waals surface area contributed by atoms with Crippen LogP contribution in [-0.4, -0.2) is 11.1 Å². The molecule has 2 aromatic carbocycles. The van der Waals surface area contributed by atoms with Gasteiger partial charge < -0.3 is 10.5 Å². The molecule has 0 fully saturated rings. The van der Waals surface area contributed by atoms with Crippen LogP contribution in [0.3, 0.4) is 0 Å². The van der Waals surface area contributed by atoms with E-state index in [2.05, 4.69) is 10.9 Å². The van der Waals surface area contributed by atoms with E-state index in [9.17, 15) is 4.79 Å². The minimum atomic E-state index is -0.893. The van der Waals surface area contributed by atoms with Crippen LogP contribution in [0.1, 0.15) is 5.56 Å². The summed E-state index contributed by atoms with van der Waals surface area (Å²) in [5.74, 6) is -0.893. The molecule has 0 spiro atoms. The highest BCUT2D eigenvalue weighted by Gasteiger charge is 2.08. The first-order valence-electron chi connectivity index (χ1n) is 5.83. The third kappa shape index (κ3) is 3.56. The summed E-state index contributed by atoms with van der Waals surface area (Å²) in [5.41, 5.74) is 7.70. The number of aliphatic carboxylic acids is 1. The molecule has 0 heterocycles. The minimum absolute atomic E-state index is 0.0683. The van der Waals surface area contributed by atoms with E-state index in [0.717, 1.165) is 0 Å². The molecular weight excluding hydrogens is 299 g/mol. The monoisotopic (exact) mass is 310 g/mol. The van der Waals surface area contributed by atoms with Gasteiger partial charge in [-0.2, -0.15) is 0 Å². The van der Waals surface area contributed by atoms with Gasteiger partial charge in [-0.25, -0.2) is 0 Å². The van der Waals surface area contributed by atoms with Crippen molar-refractivity contribution in [2.45, 2.75) is 6.42 Å². The van der Waals surface area contributed by atoms with E-state index in [-0.39, 0.29) is 6.42 Å². The molecular formula is C14H12Cl2N2O2. The molecule has 3 N–H and O–H groups in total. The van der Waals surface area contributed by atoms with Gasteiger partial charge in [-0.05, 0) is 23.8 Å². The van der Waals surface area contributed by atoms with Gasteiger partial charge >= 0.3 is 5.97 Å². The van der Waals surface area contributed by atoms with Gasteiger partial charge in [0, 0.05) is 0 Å². The fourth-order valence-electron chi connectivity index (χ4n) is 1.71. The number of carbonyl (C=O) groups is 1. The SMILES string of the molecule is O=C(O)Cc1ccccc1NNc1c(Cl)cccc1Cl. The Bertz CT molecular complexity index is 612. The van der Waals surface area contributed by atoms with Gasteiger partial charge in [0.15, 0.2) is 0 Å². The lowest BCUT2D eigenvalue weighted by molar-refractivity contribution is -0.136. The van der Waals surface area contributed by atoms with Crippen molar-refractivity contribution in [1.82, 2.24) is 0 Å². The molecule has 0 saturated carbocycles. The second kappa shape index (κ2) is 6.50. The molecule has 0 aromatic heterocycles. The van der Waals surface area contributed by atoms with Crippen LogP contribution in [0.15, 0.2) is 42.5 Å². The average Bonchev–Trinajstić information content (AvgIpc) is 2.39. The third-order valence-corrected chi connectivity index (χ3v) is 3.27. The highest BCUT2D eigenvalue weighted by Crippen LogP contribution is 2.30. The second-order valence-corrected chi connectivity index (χ2v) is 4.89. The summed E-state index contributed by atoms with van der Waals surface area (Å²) in [5, 5.41) is 9.82. The second-order valence-electron chi connectivity index (χ2n) is 4.07. The van der Waals surface area contributed by atoms with Crippen LogP contribution < -0.4 is 10.9 Å². The van der Waals surface area contributed by atoms with Crippen molar-refractivity contribution in [2.75, 3.05) is 10.9 Å². The number of hydrogen-bond acceptors (Lipinski definition) is 3. The van der Waals surface area contributed by atoms with Crippen molar-refractivity contribution < 1.29 is 9.90 Å². The van der Waals surface area contributed by atoms with Crippen molar-refractivity contribution in [3.05, 3.63) is 58.1 Å². The summed E-state index contributed by atoms with van der Waals surface area (Å²) in [6, 6.07) is 12.3. The fraction of sp³-hybridized carbons (Fsp3) is 0.0714. The first kappa shape index (κ1) is 14.5. The van der Waals surface area contributed by atoms with Gasteiger partial charge in [0.25, 0.3) is 0 Å². The summed E-state index contributed by atoms with van der Waals surface area (Å²) in [6.45, 7) is 0. The predicted molar refractivity (Wildman–Crippen MR) is 81.5 cm³/mol. The molecule has 0 aliphatic heterocycles. The maximum Gasteiger partial charge on any atom is 0.307 e. The van der Waals surface area contributed by atoms with Crippen molar-refractivity contribution in [2.24, 2.45) is 0 Å². The van der Waals surface area contributed by atoms with Crippen LogP contribution >= 0.6 is 23.2 Å². The Morgan fingerprint density at radius 2 is 1.65 bits per heavy atom. The summed E-state index contributed by atoms with van der Waals surface area (Å²) in [4.78, 5) is 10.8. The van der Waals surface area contributed by atoms with E-state index in [4.69, 9.17) is 28.3 Å². The van der Waals surface area contributed by atoms with Crippen LogP contribution in [0.25, 0.3) is 0 Å². The standard InChI is InChI=1S/C14H12Cl2N2O2/c15-10-5-3-6-11(16)14(10)18-17-12-7-2-1-4-9(12)8-13(19)20/h1-7,17-18H,8H2,(H,19,20). The summed E-state index contributed by atoms with van der Waals surface area (Å²) in [7, 11) is 0. The minimum Gasteiger partial charge on any atom is -0.481 e. The Morgan fingerprint density at radius 3 is 2.30 bits per heavy atom. The zero-order valence-electron chi connectivity index (χ0n) is 10.4. The topological polar surface area (TPSA) is 61.4 Å². The number of nitrogens with one attached hydrogen (secondary N) is 2. The Kier molecular flexibility index (Phi) is 4.71. The molecule has 0 radical (unpaired) electrons. The van der Waals surface area contributed by atoms with E-state index in [1.807, 2.05) is 6.07 Å². The third-order valence-electron chi connectivity index (χ3n) is 2.64. The number of halogens is 2. The number of anilines is 2. The molecule has 2 rings (SSSR count). The maximum atomic E-state index is 10.8. The number of para-hydroxylation sites is 2. The molecule has 2 aromatic rings. The Balaban J connectivity index is 2.17. The highest BCUT2D eigenvalue weighted by molar-refractivity contribution is 6.39. The maximum absolute atomic E-state index is 10.8. The lowest BCUT2D eigenvalue weighted by Gasteiger charge is -2.15. The van der Waals surface area contributed by atoms with Gasteiger partial charge in [-0.3, -0.25) is 10.2 Å². The van der Waals surface area contributed by atoms with Crippen LogP contribution in [0, 0.1) is 0 Å². The molecule has 0 aliphatic rings. The van der Waals surface area contributed by atoms with E-state index in [1.54, 1.807) is 36.4 Å². The van der Waals surface area contributed by atoms with Gasteiger partial charge in [0.05, 0.1) is 27.8 Å². The molecule has 20 heavy (non-hydrogen) atoms. The summed E-state index contributed by atoms with van der Waals surface area (Å²) >= 11 is 12.1. The van der Waals surface area contributed by atoms with Crippen LogP contribution in [0.5, 0.6) is 0 Å². The van der Waals surface area contributed by atoms with Gasteiger partial charge in [0.2, 0.25) is 0 Å². The van der Waals surface area contributed by atoms with Crippen LogP contribution in [-0.2, 0) is 11.2 Å². The van der Waals surface area contributed by atoms with Crippen LogP contribution in [0.2, 0.25) is 10.0 Å². The Hall–Kier alpha value is -1.91. The molecule has 4 nitrogen and oxygen atoms in total. The number of hydrogen-bond donors (Lipinski definition) is 3. The number of rotatable bonds is 5. The van der Waals surface area contributed by atoms with E-state index >= 15 is 0 Å². The molecule has 104 valence electrons. The first-order chi connectivity index (χ1) is 9.58. The van der Waals surface area contributed by atoms with Crippen molar-refractivity contribution >= 4 is 40.5 Å². The molecule has 0 aliphatic carbocycles. The highest BCUT2D eigenvalue weighted by atomic mass is 35.5. The lowest BCUT2D eigenvalue weighted by Crippen LogP contribution is -2.12. The van der Waals surface area contributed by atoms with Crippen molar-refractivity contribution in [3.8, 4) is 0 Å². The molecule has 0 bridgehead atoms. The number of carboxylic acid groups (broad SMARTS) is 1. The molecule has 0 amide bonds. The lowest BCUT2D eigenvalue weighted by atomic mass is 10.1. The average molecular weight is 311 g/mol. The van der Waals surface area contributed by atoms with E-state index < -0.39 is 5.97 Å². The molecule has 6 heteroatoms. The van der Waals surface area contributed by atoms with Gasteiger partial charge in [0.1, 0.15) is 0 Å². The van der Waals surface area contributed by atoms with Crippen molar-refractivity contribution in [1.29, 1.82) is 0 Å². The van der Waals surface area contributed by atoms with Crippen LogP contribution in [0.4, 0.5) is 11.4 Å². The smallest absolute Gasteiger partial charge is 0.307 e. The number of benzene rings is 2. The zero-order chi connectivity index (χ0) is 14.5. The Morgan fingerprint density at radius 1 is 1.00 bits per heavy atom. The summed E-state index contributed by atoms with van der Waals surface area (Å²) in [6.07, 6.45) is -0.0683. The largest absolute Gasteiger partial charge is 0.481 e. The van der Waals surface area contributed by atoms with Gasteiger partial charge in [-0.1, -0.05) is 47.5 Å². The quantitative estimate of drug-likeness (QED) is 0.729. The normalized spacial score (nSPS) is 10.1. The number of carboxylic acids is 1. The summed E-state index contributed by atoms with van der Waals surface area (Å²) < 4.78 is 0. The zero-order valence-corrected chi connectivity index (χ0v) is 11.9. The number of hydrazine groups is 1.